The van der Waals surface area contributed by atoms with Crippen LogP contribution in [0.1, 0.15) is 36.7 Å². The van der Waals surface area contributed by atoms with Crippen molar-refractivity contribution in [3.8, 4) is 5.75 Å². The molecule has 0 unspecified atom stereocenters. The molecular weight excluding hydrogens is 302 g/mol. The van der Waals surface area contributed by atoms with Crippen molar-refractivity contribution in [2.45, 2.75) is 20.8 Å². The average Bonchev–Trinajstić information content (AvgIpc) is 2.58. The van der Waals surface area contributed by atoms with Gasteiger partial charge < -0.3 is 10.5 Å². The van der Waals surface area contributed by atoms with Gasteiger partial charge in [0, 0.05) is 11.3 Å². The Kier molecular flexibility index (Phi) is 5.95. The molecule has 0 atom stereocenters. The van der Waals surface area contributed by atoms with Crippen LogP contribution in [0.4, 0.5) is 5.69 Å². The molecule has 0 aliphatic carbocycles. The zero-order valence-corrected chi connectivity index (χ0v) is 14.2. The van der Waals surface area contributed by atoms with E-state index in [1.807, 2.05) is 19.1 Å². The maximum atomic E-state index is 12.1. The third kappa shape index (κ3) is 5.12. The number of rotatable bonds is 6. The number of hydrogen-bond donors (Lipinski definition) is 2. The van der Waals surface area contributed by atoms with Gasteiger partial charge in [-0.3, -0.25) is 4.79 Å². The zero-order chi connectivity index (χ0) is 17.5. The van der Waals surface area contributed by atoms with Crippen LogP contribution in [0.25, 0.3) is 0 Å². The van der Waals surface area contributed by atoms with E-state index < -0.39 is 0 Å². The molecule has 0 fully saturated rings. The fraction of sp³-hybridized carbons (Fsp3) is 0.263. The second-order valence-electron chi connectivity index (χ2n) is 5.99. The van der Waals surface area contributed by atoms with Crippen LogP contribution in [0.15, 0.2) is 53.6 Å². The number of carbonyl (C=O) groups excluding carboxylic acids is 1. The molecule has 0 aliphatic heterocycles. The molecule has 1 amide bonds. The molecule has 2 aromatic rings. The van der Waals surface area contributed by atoms with Crippen LogP contribution in [-0.2, 0) is 0 Å². The predicted molar refractivity (Wildman–Crippen MR) is 97.3 cm³/mol. The van der Waals surface area contributed by atoms with Crippen molar-refractivity contribution in [2.75, 3.05) is 12.3 Å². The molecule has 24 heavy (non-hydrogen) atoms. The normalized spacial score (nSPS) is 11.4. The van der Waals surface area contributed by atoms with Gasteiger partial charge in [0.1, 0.15) is 5.75 Å². The molecule has 0 saturated carbocycles. The maximum absolute atomic E-state index is 12.1. The summed E-state index contributed by atoms with van der Waals surface area (Å²) in [5.41, 5.74) is 11.0. The maximum Gasteiger partial charge on any atom is 0.271 e. The van der Waals surface area contributed by atoms with Gasteiger partial charge in [0.2, 0.25) is 0 Å². The van der Waals surface area contributed by atoms with Crippen molar-refractivity contribution in [2.24, 2.45) is 11.0 Å². The quantitative estimate of drug-likeness (QED) is 0.485. The molecule has 3 N–H and O–H groups in total. The number of nitrogen functional groups attached to an aromatic ring is 1. The molecule has 5 heteroatoms. The fourth-order valence-corrected chi connectivity index (χ4v) is 1.95. The monoisotopic (exact) mass is 325 g/mol. The van der Waals surface area contributed by atoms with Crippen LogP contribution in [-0.4, -0.2) is 18.2 Å². The van der Waals surface area contributed by atoms with Crippen LogP contribution in [0.2, 0.25) is 0 Å². The minimum atomic E-state index is -0.264. The minimum absolute atomic E-state index is 0.264. The number of anilines is 1. The Labute approximate surface area is 142 Å². The van der Waals surface area contributed by atoms with Crippen LogP contribution >= 0.6 is 0 Å². The van der Waals surface area contributed by atoms with E-state index in [1.165, 1.54) is 0 Å². The van der Waals surface area contributed by atoms with Gasteiger partial charge in [-0.15, -0.1) is 0 Å². The number of nitrogens with one attached hydrogen (secondary N) is 1. The molecule has 0 bridgehead atoms. The van der Waals surface area contributed by atoms with Gasteiger partial charge in [-0.2, -0.15) is 5.10 Å². The molecule has 2 rings (SSSR count). The van der Waals surface area contributed by atoms with Crippen LogP contribution in [0, 0.1) is 5.92 Å². The average molecular weight is 325 g/mol. The van der Waals surface area contributed by atoms with Gasteiger partial charge in [-0.05, 0) is 54.8 Å². The summed E-state index contributed by atoms with van der Waals surface area (Å²) in [7, 11) is 0. The summed E-state index contributed by atoms with van der Waals surface area (Å²) < 4.78 is 5.60. The molecule has 0 aromatic heterocycles. The largest absolute Gasteiger partial charge is 0.493 e. The Hall–Kier alpha value is -2.82. The highest BCUT2D eigenvalue weighted by atomic mass is 16.5. The van der Waals surface area contributed by atoms with Crippen molar-refractivity contribution >= 4 is 17.3 Å². The highest BCUT2D eigenvalue weighted by molar-refractivity contribution is 6.01. The first-order valence-corrected chi connectivity index (χ1v) is 7.89. The number of hydrogen-bond acceptors (Lipinski definition) is 4. The number of ether oxygens (including phenoxy) is 1. The second kappa shape index (κ2) is 8.15. The molecular formula is C19H23N3O2. The van der Waals surface area contributed by atoms with Crippen LogP contribution in [0.3, 0.4) is 0 Å². The van der Waals surface area contributed by atoms with E-state index in [-0.39, 0.29) is 5.91 Å². The van der Waals surface area contributed by atoms with Crippen LogP contribution < -0.4 is 15.9 Å². The lowest BCUT2D eigenvalue weighted by molar-refractivity contribution is 0.0955. The first kappa shape index (κ1) is 17.5. The summed E-state index contributed by atoms with van der Waals surface area (Å²) in [6.07, 6.45) is 0. The van der Waals surface area contributed by atoms with E-state index in [9.17, 15) is 4.79 Å². The van der Waals surface area contributed by atoms with Crippen molar-refractivity contribution in [3.63, 3.8) is 0 Å². The molecule has 0 saturated heterocycles. The van der Waals surface area contributed by atoms with Crippen molar-refractivity contribution < 1.29 is 9.53 Å². The third-order valence-electron chi connectivity index (χ3n) is 3.35. The molecule has 0 radical (unpaired) electrons. The summed E-state index contributed by atoms with van der Waals surface area (Å²) in [6, 6.07) is 14.3. The van der Waals surface area contributed by atoms with Crippen molar-refractivity contribution in [1.82, 2.24) is 5.43 Å². The van der Waals surface area contributed by atoms with Crippen LogP contribution in [0.5, 0.6) is 5.75 Å². The summed E-state index contributed by atoms with van der Waals surface area (Å²) >= 11 is 0. The number of amides is 1. The predicted octanol–water partition coefficient (Wildman–Crippen LogP) is 3.46. The number of benzene rings is 2. The van der Waals surface area contributed by atoms with Gasteiger partial charge in [0.25, 0.3) is 5.91 Å². The van der Waals surface area contributed by atoms with Gasteiger partial charge >= 0.3 is 0 Å². The number of hydrazone groups is 1. The van der Waals surface area contributed by atoms with E-state index in [0.717, 1.165) is 11.3 Å². The lowest BCUT2D eigenvalue weighted by atomic mass is 10.1. The topological polar surface area (TPSA) is 76.7 Å². The highest BCUT2D eigenvalue weighted by Gasteiger charge is 2.06. The SMILES string of the molecule is C/C(=N\NC(=O)c1ccc(OCC(C)C)cc1)c1ccc(N)cc1. The van der Waals surface area contributed by atoms with Crippen molar-refractivity contribution in [3.05, 3.63) is 59.7 Å². The van der Waals surface area contributed by atoms with E-state index in [1.54, 1.807) is 36.4 Å². The Bertz CT molecular complexity index is 704. The highest BCUT2D eigenvalue weighted by Crippen LogP contribution is 2.13. The molecule has 0 aliphatic rings. The van der Waals surface area contributed by atoms with E-state index in [2.05, 4.69) is 24.4 Å². The van der Waals surface area contributed by atoms with Gasteiger partial charge in [0.05, 0.1) is 12.3 Å². The molecule has 0 spiro atoms. The Morgan fingerprint density at radius 1 is 1.08 bits per heavy atom. The van der Waals surface area contributed by atoms with Gasteiger partial charge in [0.15, 0.2) is 0 Å². The Balaban J connectivity index is 1.96. The smallest absolute Gasteiger partial charge is 0.271 e. The summed E-state index contributed by atoms with van der Waals surface area (Å²) in [6.45, 7) is 6.65. The van der Waals surface area contributed by atoms with Crippen molar-refractivity contribution in [1.29, 1.82) is 0 Å². The van der Waals surface area contributed by atoms with E-state index in [0.29, 0.717) is 29.5 Å². The summed E-state index contributed by atoms with van der Waals surface area (Å²) in [4.78, 5) is 12.1. The first-order chi connectivity index (χ1) is 11.5. The second-order valence-corrected chi connectivity index (χ2v) is 5.99. The third-order valence-corrected chi connectivity index (χ3v) is 3.35. The lowest BCUT2D eigenvalue weighted by Crippen LogP contribution is -2.19. The van der Waals surface area contributed by atoms with Gasteiger partial charge in [-0.25, -0.2) is 5.43 Å². The summed E-state index contributed by atoms with van der Waals surface area (Å²) in [5.74, 6) is 0.945. The summed E-state index contributed by atoms with van der Waals surface area (Å²) in [5, 5.41) is 4.13. The molecule has 2 aromatic carbocycles. The van der Waals surface area contributed by atoms with E-state index >= 15 is 0 Å². The Morgan fingerprint density at radius 3 is 2.25 bits per heavy atom. The Morgan fingerprint density at radius 2 is 1.67 bits per heavy atom. The lowest BCUT2D eigenvalue weighted by Gasteiger charge is -2.09. The number of carbonyl (C=O) groups is 1. The van der Waals surface area contributed by atoms with E-state index in [4.69, 9.17) is 10.5 Å². The minimum Gasteiger partial charge on any atom is -0.493 e. The number of nitrogens with zero attached hydrogens (tertiary/aromatic N) is 1. The standard InChI is InChI=1S/C19H23N3O2/c1-13(2)12-24-18-10-6-16(7-11-18)19(23)22-21-14(3)15-4-8-17(20)9-5-15/h4-11,13H,12,20H2,1-3H3,(H,22,23)/b21-14+. The van der Waals surface area contributed by atoms with Gasteiger partial charge in [-0.1, -0.05) is 26.0 Å². The number of nitrogens with two attached hydrogens (primary N) is 1. The fourth-order valence-electron chi connectivity index (χ4n) is 1.95. The molecule has 0 heterocycles. The first-order valence-electron chi connectivity index (χ1n) is 7.89. The molecule has 126 valence electrons. The molecule has 5 nitrogen and oxygen atoms in total. The zero-order valence-electron chi connectivity index (χ0n) is 14.2.